The van der Waals surface area contributed by atoms with Crippen LogP contribution in [0.25, 0.3) is 0 Å². The van der Waals surface area contributed by atoms with E-state index < -0.39 is 5.91 Å². The molecular weight excluding hydrogens is 210 g/mol. The smallest absolute Gasteiger partial charge is 0.252 e. The first-order chi connectivity index (χ1) is 7.63. The molecule has 1 aromatic carbocycles. The van der Waals surface area contributed by atoms with Gasteiger partial charge < -0.3 is 15.2 Å². The summed E-state index contributed by atoms with van der Waals surface area (Å²) in [6, 6.07) is 3.09. The Labute approximate surface area is 92.1 Å². The number of primary amides is 1. The Morgan fingerprint density at radius 1 is 1.44 bits per heavy atom. The van der Waals surface area contributed by atoms with Crippen molar-refractivity contribution in [1.82, 2.24) is 0 Å². The second-order valence-electron chi connectivity index (χ2n) is 3.49. The van der Waals surface area contributed by atoms with Gasteiger partial charge in [-0.05, 0) is 17.7 Å². The Morgan fingerprint density at radius 3 is 2.81 bits per heavy atom. The highest BCUT2D eigenvalue weighted by Crippen LogP contribution is 2.26. The Hall–Kier alpha value is -1.88. The molecular formula is C11H11NO4. The van der Waals surface area contributed by atoms with Crippen molar-refractivity contribution in [2.24, 2.45) is 5.73 Å². The maximum Gasteiger partial charge on any atom is 0.252 e. The number of rotatable bonds is 2. The summed E-state index contributed by atoms with van der Waals surface area (Å²) in [5.74, 6) is -0.394. The lowest BCUT2D eigenvalue weighted by Gasteiger charge is -2.17. The van der Waals surface area contributed by atoms with Crippen LogP contribution in [0.3, 0.4) is 0 Å². The highest BCUT2D eigenvalue weighted by Gasteiger charge is 2.22. The van der Waals surface area contributed by atoms with Crippen LogP contribution in [-0.2, 0) is 11.3 Å². The zero-order valence-corrected chi connectivity index (χ0v) is 8.78. The van der Waals surface area contributed by atoms with Gasteiger partial charge in [0.1, 0.15) is 12.4 Å². The number of amides is 1. The third kappa shape index (κ3) is 1.65. The van der Waals surface area contributed by atoms with E-state index >= 15 is 0 Å². The van der Waals surface area contributed by atoms with Crippen LogP contribution in [0.2, 0.25) is 0 Å². The highest BCUT2D eigenvalue weighted by atomic mass is 16.5. The molecule has 0 saturated heterocycles. The van der Waals surface area contributed by atoms with Crippen molar-refractivity contribution in [3.05, 3.63) is 28.8 Å². The van der Waals surface area contributed by atoms with Gasteiger partial charge in [0.05, 0.1) is 19.3 Å². The van der Waals surface area contributed by atoms with Gasteiger partial charge in [-0.15, -0.1) is 0 Å². The summed E-state index contributed by atoms with van der Waals surface area (Å²) in [5.41, 5.74) is 6.63. The van der Waals surface area contributed by atoms with Crippen LogP contribution < -0.4 is 10.5 Å². The third-order valence-corrected chi connectivity index (χ3v) is 2.48. The fourth-order valence-corrected chi connectivity index (χ4v) is 1.69. The van der Waals surface area contributed by atoms with Gasteiger partial charge in [0.2, 0.25) is 0 Å². The quantitative estimate of drug-likeness (QED) is 0.789. The minimum absolute atomic E-state index is 0.0392. The van der Waals surface area contributed by atoms with E-state index in [4.69, 9.17) is 15.2 Å². The van der Waals surface area contributed by atoms with Gasteiger partial charge in [-0.1, -0.05) is 0 Å². The molecule has 1 aliphatic heterocycles. The second-order valence-corrected chi connectivity index (χ2v) is 3.49. The first-order valence-electron chi connectivity index (χ1n) is 4.75. The van der Waals surface area contributed by atoms with E-state index in [1.165, 1.54) is 13.2 Å². The van der Waals surface area contributed by atoms with Gasteiger partial charge >= 0.3 is 0 Å². The minimum Gasteiger partial charge on any atom is -0.496 e. The van der Waals surface area contributed by atoms with E-state index in [0.29, 0.717) is 17.9 Å². The number of carbonyl (C=O) groups excluding carboxylic acids is 2. The first kappa shape index (κ1) is 10.6. The summed E-state index contributed by atoms with van der Waals surface area (Å²) in [6.07, 6.45) is 0. The Morgan fingerprint density at radius 2 is 2.19 bits per heavy atom. The van der Waals surface area contributed by atoms with E-state index in [2.05, 4.69) is 0 Å². The van der Waals surface area contributed by atoms with E-state index in [1.807, 2.05) is 0 Å². The van der Waals surface area contributed by atoms with Crippen LogP contribution >= 0.6 is 0 Å². The molecule has 1 aromatic rings. The van der Waals surface area contributed by atoms with Crippen LogP contribution in [0, 0.1) is 0 Å². The standard InChI is InChI=1S/C11H11NO4/c1-15-10-2-6-4-16-5-9(13)7(6)3-8(10)11(12)14/h2-3H,4-5H2,1H3,(H2,12,14). The number of ether oxygens (including phenoxy) is 2. The van der Waals surface area contributed by atoms with Crippen molar-refractivity contribution in [1.29, 1.82) is 0 Å². The summed E-state index contributed by atoms with van der Waals surface area (Å²) in [4.78, 5) is 22.7. The Bertz CT molecular complexity index is 456. The van der Waals surface area contributed by atoms with E-state index in [-0.39, 0.29) is 18.0 Å². The lowest BCUT2D eigenvalue weighted by molar-refractivity contribution is 0.0665. The van der Waals surface area contributed by atoms with Gasteiger partial charge in [0.15, 0.2) is 5.78 Å². The van der Waals surface area contributed by atoms with Crippen LogP contribution in [0.1, 0.15) is 26.3 Å². The van der Waals surface area contributed by atoms with Crippen molar-refractivity contribution in [2.75, 3.05) is 13.7 Å². The molecule has 5 nitrogen and oxygen atoms in total. The average Bonchev–Trinajstić information content (AvgIpc) is 2.27. The second kappa shape index (κ2) is 3.94. The fourth-order valence-electron chi connectivity index (χ4n) is 1.69. The molecule has 2 N–H and O–H groups in total. The van der Waals surface area contributed by atoms with E-state index in [0.717, 1.165) is 5.56 Å². The molecule has 0 atom stereocenters. The van der Waals surface area contributed by atoms with Crippen molar-refractivity contribution in [3.8, 4) is 5.75 Å². The zero-order chi connectivity index (χ0) is 11.7. The van der Waals surface area contributed by atoms with Crippen LogP contribution in [0.4, 0.5) is 0 Å². The number of carbonyl (C=O) groups is 2. The third-order valence-electron chi connectivity index (χ3n) is 2.48. The predicted octanol–water partition coefficient (Wildman–Crippen LogP) is 0.507. The summed E-state index contributed by atoms with van der Waals surface area (Å²) in [7, 11) is 1.44. The van der Waals surface area contributed by atoms with Gasteiger partial charge in [-0.2, -0.15) is 0 Å². The fraction of sp³-hybridized carbons (Fsp3) is 0.273. The molecule has 1 heterocycles. The summed E-state index contributed by atoms with van der Waals surface area (Å²) >= 11 is 0. The van der Waals surface area contributed by atoms with Gasteiger partial charge in [-0.25, -0.2) is 0 Å². The summed E-state index contributed by atoms with van der Waals surface area (Å²) in [5, 5.41) is 0. The van der Waals surface area contributed by atoms with E-state index in [9.17, 15) is 9.59 Å². The maximum absolute atomic E-state index is 11.5. The monoisotopic (exact) mass is 221 g/mol. The average molecular weight is 221 g/mol. The number of hydrogen-bond acceptors (Lipinski definition) is 4. The zero-order valence-electron chi connectivity index (χ0n) is 8.78. The van der Waals surface area contributed by atoms with Crippen LogP contribution in [0.15, 0.2) is 12.1 Å². The molecule has 0 saturated carbocycles. The topological polar surface area (TPSA) is 78.6 Å². The number of fused-ring (bicyclic) bond motifs is 1. The molecule has 1 amide bonds. The number of Topliss-reactive ketones (excluding diaryl/α,β-unsaturated/α-hetero) is 1. The largest absolute Gasteiger partial charge is 0.496 e. The lowest BCUT2D eigenvalue weighted by Crippen LogP contribution is -2.21. The van der Waals surface area contributed by atoms with Gasteiger partial charge in [0, 0.05) is 5.56 Å². The molecule has 0 fully saturated rings. The normalized spacial score (nSPS) is 14.4. The molecule has 0 bridgehead atoms. The number of nitrogens with two attached hydrogens (primary N) is 1. The van der Waals surface area contributed by atoms with Gasteiger partial charge in [0.25, 0.3) is 5.91 Å². The predicted molar refractivity (Wildman–Crippen MR) is 55.5 cm³/mol. The SMILES string of the molecule is COc1cc2c(cc1C(N)=O)C(=O)COC2. The van der Waals surface area contributed by atoms with E-state index in [1.54, 1.807) is 6.07 Å². The molecule has 0 aromatic heterocycles. The van der Waals surface area contributed by atoms with Gasteiger partial charge in [-0.3, -0.25) is 9.59 Å². The highest BCUT2D eigenvalue weighted by molar-refractivity contribution is 6.03. The molecule has 0 unspecified atom stereocenters. The van der Waals surface area contributed by atoms with Crippen molar-refractivity contribution >= 4 is 11.7 Å². The minimum atomic E-state index is -0.612. The lowest BCUT2D eigenvalue weighted by atomic mass is 9.98. The molecule has 5 heteroatoms. The molecule has 1 aliphatic rings. The van der Waals surface area contributed by atoms with Crippen LogP contribution in [0.5, 0.6) is 5.75 Å². The molecule has 84 valence electrons. The summed E-state index contributed by atoms with van der Waals surface area (Å²) in [6.45, 7) is 0.383. The Balaban J connectivity index is 2.60. The number of hydrogen-bond donors (Lipinski definition) is 1. The summed E-state index contributed by atoms with van der Waals surface area (Å²) < 4.78 is 10.1. The van der Waals surface area contributed by atoms with Crippen molar-refractivity contribution < 1.29 is 19.1 Å². The van der Waals surface area contributed by atoms with Crippen molar-refractivity contribution in [2.45, 2.75) is 6.61 Å². The number of methoxy groups -OCH3 is 1. The number of ketones is 1. The molecule has 16 heavy (non-hydrogen) atoms. The Kier molecular flexibility index (Phi) is 2.62. The molecule has 0 spiro atoms. The molecule has 0 radical (unpaired) electrons. The van der Waals surface area contributed by atoms with Crippen molar-refractivity contribution in [3.63, 3.8) is 0 Å². The first-order valence-corrected chi connectivity index (χ1v) is 4.75. The van der Waals surface area contributed by atoms with Crippen LogP contribution in [-0.4, -0.2) is 25.4 Å². The molecule has 2 rings (SSSR count). The molecule has 0 aliphatic carbocycles. The maximum atomic E-state index is 11.5. The number of benzene rings is 1.